The number of para-hydroxylation sites is 1. The summed E-state index contributed by atoms with van der Waals surface area (Å²) in [6.07, 6.45) is 0. The van der Waals surface area contributed by atoms with Crippen LogP contribution in [0.15, 0.2) is 22.7 Å². The van der Waals surface area contributed by atoms with E-state index >= 15 is 0 Å². The van der Waals surface area contributed by atoms with E-state index in [2.05, 4.69) is 21.2 Å². The number of benzene rings is 1. The summed E-state index contributed by atoms with van der Waals surface area (Å²) in [6.45, 7) is 2.84. The molecule has 5 heteroatoms. The predicted octanol–water partition coefficient (Wildman–Crippen LogP) is 1.42. The molecule has 3 N–H and O–H groups in total. The number of carbonyl (C=O) groups excluding carboxylic acids is 1. The first kappa shape index (κ1) is 13.0. The molecule has 0 saturated carbocycles. The van der Waals surface area contributed by atoms with Gasteiger partial charge in [-0.1, -0.05) is 12.1 Å². The molecule has 0 aliphatic carbocycles. The van der Waals surface area contributed by atoms with Crippen LogP contribution in [0.2, 0.25) is 0 Å². The number of rotatable bonds is 5. The van der Waals surface area contributed by atoms with E-state index in [4.69, 9.17) is 10.5 Å². The van der Waals surface area contributed by atoms with Crippen molar-refractivity contribution in [3.05, 3.63) is 28.2 Å². The van der Waals surface area contributed by atoms with Crippen molar-refractivity contribution in [1.29, 1.82) is 0 Å². The molecule has 0 radical (unpaired) electrons. The summed E-state index contributed by atoms with van der Waals surface area (Å²) < 4.78 is 6.24. The van der Waals surface area contributed by atoms with Crippen LogP contribution in [-0.2, 0) is 11.3 Å². The fourth-order valence-corrected chi connectivity index (χ4v) is 1.78. The topological polar surface area (TPSA) is 64.3 Å². The van der Waals surface area contributed by atoms with Gasteiger partial charge < -0.3 is 15.8 Å². The van der Waals surface area contributed by atoms with E-state index in [1.807, 2.05) is 25.1 Å². The number of amides is 1. The van der Waals surface area contributed by atoms with Gasteiger partial charge in [-0.15, -0.1) is 0 Å². The average Bonchev–Trinajstić information content (AvgIpc) is 2.27. The Hall–Kier alpha value is -1.07. The molecule has 1 amide bonds. The normalized spacial score (nSPS) is 9.94. The first-order valence-electron chi connectivity index (χ1n) is 5.06. The lowest BCUT2D eigenvalue weighted by Crippen LogP contribution is -2.28. The third-order valence-corrected chi connectivity index (χ3v) is 2.61. The third-order valence-electron chi connectivity index (χ3n) is 1.99. The number of nitrogens with one attached hydrogen (secondary N) is 1. The molecule has 0 unspecified atom stereocenters. The Morgan fingerprint density at radius 1 is 1.56 bits per heavy atom. The maximum Gasteiger partial charge on any atom is 0.257 e. The fourth-order valence-electron chi connectivity index (χ4n) is 1.26. The first-order chi connectivity index (χ1) is 7.69. The van der Waals surface area contributed by atoms with Crippen molar-refractivity contribution in [3.63, 3.8) is 0 Å². The summed E-state index contributed by atoms with van der Waals surface area (Å²) >= 11 is 3.36. The summed E-state index contributed by atoms with van der Waals surface area (Å²) in [5.74, 6) is 0.498. The van der Waals surface area contributed by atoms with Crippen LogP contribution >= 0.6 is 15.9 Å². The van der Waals surface area contributed by atoms with Gasteiger partial charge in [-0.3, -0.25) is 4.79 Å². The zero-order valence-electron chi connectivity index (χ0n) is 9.13. The van der Waals surface area contributed by atoms with Crippen molar-refractivity contribution in [2.24, 2.45) is 5.73 Å². The number of likely N-dealkylation sites (N-methyl/N-ethyl adjacent to an activating group) is 1. The molecule has 0 heterocycles. The van der Waals surface area contributed by atoms with Gasteiger partial charge in [-0.05, 0) is 28.9 Å². The Labute approximate surface area is 103 Å². The van der Waals surface area contributed by atoms with Crippen molar-refractivity contribution in [2.45, 2.75) is 13.5 Å². The lowest BCUT2D eigenvalue weighted by molar-refractivity contribution is -0.123. The van der Waals surface area contributed by atoms with Gasteiger partial charge in [0.05, 0.1) is 4.47 Å². The zero-order chi connectivity index (χ0) is 12.0. The van der Waals surface area contributed by atoms with Gasteiger partial charge >= 0.3 is 0 Å². The quantitative estimate of drug-likeness (QED) is 0.861. The van der Waals surface area contributed by atoms with Gasteiger partial charge in [0.15, 0.2) is 6.61 Å². The molecular weight excluding hydrogens is 272 g/mol. The molecule has 0 fully saturated rings. The second-order valence-corrected chi connectivity index (χ2v) is 4.03. The van der Waals surface area contributed by atoms with E-state index in [9.17, 15) is 4.79 Å². The lowest BCUT2D eigenvalue weighted by atomic mass is 10.2. The highest BCUT2D eigenvalue weighted by molar-refractivity contribution is 9.10. The smallest absolute Gasteiger partial charge is 0.257 e. The minimum absolute atomic E-state index is 0.00343. The van der Waals surface area contributed by atoms with Crippen LogP contribution in [0.5, 0.6) is 5.75 Å². The SMILES string of the molecule is CCNC(=O)COc1c(Br)cccc1CN. The van der Waals surface area contributed by atoms with Gasteiger partial charge in [-0.25, -0.2) is 0 Å². The van der Waals surface area contributed by atoms with Crippen molar-refractivity contribution < 1.29 is 9.53 Å². The summed E-state index contributed by atoms with van der Waals surface area (Å²) in [6, 6.07) is 5.61. The Kier molecular flexibility index (Phi) is 5.28. The van der Waals surface area contributed by atoms with E-state index < -0.39 is 0 Å². The summed E-state index contributed by atoms with van der Waals surface area (Å²) in [4.78, 5) is 11.2. The van der Waals surface area contributed by atoms with Crippen LogP contribution in [0.4, 0.5) is 0 Å². The fraction of sp³-hybridized carbons (Fsp3) is 0.364. The number of nitrogens with two attached hydrogens (primary N) is 1. The monoisotopic (exact) mass is 286 g/mol. The third kappa shape index (κ3) is 3.50. The molecule has 1 rings (SSSR count). The molecule has 88 valence electrons. The summed E-state index contributed by atoms with van der Waals surface area (Å²) in [5, 5.41) is 2.66. The van der Waals surface area contributed by atoms with Gasteiger partial charge in [0, 0.05) is 18.7 Å². The minimum Gasteiger partial charge on any atom is -0.482 e. The Morgan fingerprint density at radius 3 is 2.94 bits per heavy atom. The molecule has 0 bridgehead atoms. The molecule has 4 nitrogen and oxygen atoms in total. The number of ether oxygens (including phenoxy) is 1. The molecule has 1 aromatic carbocycles. The molecule has 0 aromatic heterocycles. The van der Waals surface area contributed by atoms with E-state index in [1.54, 1.807) is 0 Å². The van der Waals surface area contributed by atoms with Crippen LogP contribution in [0.25, 0.3) is 0 Å². The maximum atomic E-state index is 11.2. The van der Waals surface area contributed by atoms with Crippen molar-refractivity contribution in [2.75, 3.05) is 13.2 Å². The number of carbonyl (C=O) groups is 1. The van der Waals surface area contributed by atoms with Crippen LogP contribution in [0.3, 0.4) is 0 Å². The minimum atomic E-state index is -0.138. The molecule has 16 heavy (non-hydrogen) atoms. The van der Waals surface area contributed by atoms with E-state index in [1.165, 1.54) is 0 Å². The number of halogens is 1. The van der Waals surface area contributed by atoms with E-state index in [-0.39, 0.29) is 12.5 Å². The van der Waals surface area contributed by atoms with Gasteiger partial charge in [-0.2, -0.15) is 0 Å². The molecule has 0 aliphatic heterocycles. The molecular formula is C11H15BrN2O2. The molecule has 0 spiro atoms. The van der Waals surface area contributed by atoms with Crippen LogP contribution in [-0.4, -0.2) is 19.1 Å². The highest BCUT2D eigenvalue weighted by atomic mass is 79.9. The maximum absolute atomic E-state index is 11.2. The van der Waals surface area contributed by atoms with Gasteiger partial charge in [0.2, 0.25) is 0 Å². The lowest BCUT2D eigenvalue weighted by Gasteiger charge is -2.11. The molecule has 1 aromatic rings. The van der Waals surface area contributed by atoms with E-state index in [0.29, 0.717) is 18.8 Å². The predicted molar refractivity (Wildman–Crippen MR) is 66.2 cm³/mol. The van der Waals surface area contributed by atoms with Crippen molar-refractivity contribution >= 4 is 21.8 Å². The molecule has 0 atom stereocenters. The average molecular weight is 287 g/mol. The number of hydrogen-bond donors (Lipinski definition) is 2. The highest BCUT2D eigenvalue weighted by Crippen LogP contribution is 2.28. The first-order valence-corrected chi connectivity index (χ1v) is 5.85. The number of hydrogen-bond acceptors (Lipinski definition) is 3. The molecule has 0 saturated heterocycles. The largest absolute Gasteiger partial charge is 0.482 e. The Morgan fingerprint density at radius 2 is 2.31 bits per heavy atom. The van der Waals surface area contributed by atoms with Gasteiger partial charge in [0.1, 0.15) is 5.75 Å². The van der Waals surface area contributed by atoms with Crippen LogP contribution in [0, 0.1) is 0 Å². The van der Waals surface area contributed by atoms with Crippen LogP contribution < -0.4 is 15.8 Å². The highest BCUT2D eigenvalue weighted by Gasteiger charge is 2.08. The summed E-state index contributed by atoms with van der Waals surface area (Å²) in [5.41, 5.74) is 6.46. The molecule has 0 aliphatic rings. The summed E-state index contributed by atoms with van der Waals surface area (Å²) in [7, 11) is 0. The van der Waals surface area contributed by atoms with Gasteiger partial charge in [0.25, 0.3) is 5.91 Å². The second-order valence-electron chi connectivity index (χ2n) is 3.17. The van der Waals surface area contributed by atoms with Crippen molar-refractivity contribution in [1.82, 2.24) is 5.32 Å². The standard InChI is InChI=1S/C11H15BrN2O2/c1-2-14-10(15)7-16-11-8(6-13)4-3-5-9(11)12/h3-5H,2,6-7,13H2,1H3,(H,14,15). The van der Waals surface area contributed by atoms with Crippen LogP contribution in [0.1, 0.15) is 12.5 Å². The second kappa shape index (κ2) is 6.50. The van der Waals surface area contributed by atoms with Crippen molar-refractivity contribution in [3.8, 4) is 5.75 Å². The Balaban J connectivity index is 2.69. The zero-order valence-corrected chi connectivity index (χ0v) is 10.7. The van der Waals surface area contributed by atoms with E-state index in [0.717, 1.165) is 10.0 Å². The Bertz CT molecular complexity index is 369.